The summed E-state index contributed by atoms with van der Waals surface area (Å²) in [6, 6.07) is 54.4. The van der Waals surface area contributed by atoms with E-state index in [9.17, 15) is 10.5 Å². The molecule has 3 aromatic heterocycles. The van der Waals surface area contributed by atoms with Gasteiger partial charge >= 0.3 is 0 Å². The van der Waals surface area contributed by atoms with Crippen molar-refractivity contribution in [2.24, 2.45) is 0 Å². The van der Waals surface area contributed by atoms with Crippen LogP contribution >= 0.6 is 11.8 Å². The molecule has 1 spiro atoms. The van der Waals surface area contributed by atoms with Gasteiger partial charge in [-0.1, -0.05) is 72.4 Å². The Labute approximate surface area is 331 Å². The third-order valence-corrected chi connectivity index (χ3v) is 12.7. The maximum atomic E-state index is 9.93. The zero-order valence-electron chi connectivity index (χ0n) is 30.0. The largest absolute Gasteiger partial charge is 0.452 e. The summed E-state index contributed by atoms with van der Waals surface area (Å²) in [6.45, 7) is 0. The molecule has 0 unspecified atom stereocenters. The summed E-state index contributed by atoms with van der Waals surface area (Å²) in [5.41, 5.74) is 11.7. The predicted molar refractivity (Wildman–Crippen MR) is 222 cm³/mol. The maximum absolute atomic E-state index is 9.93. The molecular weight excluding hydrogens is 721 g/mol. The minimum atomic E-state index is -0.841. The van der Waals surface area contributed by atoms with Crippen LogP contribution in [0.15, 0.2) is 168 Å². The number of aromatic nitrogens is 3. The topological polar surface area (TPSA) is 90.8 Å². The van der Waals surface area contributed by atoms with Gasteiger partial charge in [0.2, 0.25) is 0 Å². The summed E-state index contributed by atoms with van der Waals surface area (Å²) < 4.78 is 9.74. The van der Waals surface area contributed by atoms with E-state index in [2.05, 4.69) is 119 Å². The Hall–Kier alpha value is -7.65. The molecule has 0 atom stereocenters. The van der Waals surface area contributed by atoms with Crippen molar-refractivity contribution < 1.29 is 4.74 Å². The van der Waals surface area contributed by atoms with Crippen molar-refractivity contribution >= 4 is 50.6 Å². The number of pyridine rings is 2. The van der Waals surface area contributed by atoms with Gasteiger partial charge in [0, 0.05) is 44.1 Å². The molecule has 6 aromatic carbocycles. The molecule has 0 saturated heterocycles. The number of para-hydroxylation sites is 4. The summed E-state index contributed by atoms with van der Waals surface area (Å²) >= 11 is 1.77. The van der Waals surface area contributed by atoms with E-state index in [0.29, 0.717) is 16.9 Å². The van der Waals surface area contributed by atoms with Crippen molar-refractivity contribution in [2.45, 2.75) is 15.2 Å². The number of rotatable bonds is 2. The molecule has 5 heterocycles. The number of fused-ring (bicyclic) bond motifs is 14. The molecule has 3 aliphatic rings. The molecule has 0 radical (unpaired) electrons. The summed E-state index contributed by atoms with van der Waals surface area (Å²) in [7, 11) is 0. The van der Waals surface area contributed by atoms with E-state index in [1.54, 1.807) is 11.8 Å². The second-order valence-corrected chi connectivity index (χ2v) is 15.4. The van der Waals surface area contributed by atoms with Crippen LogP contribution in [0, 0.1) is 22.7 Å². The van der Waals surface area contributed by atoms with Gasteiger partial charge in [-0.15, -0.1) is 0 Å². The Kier molecular flexibility index (Phi) is 6.49. The lowest BCUT2D eigenvalue weighted by Gasteiger charge is -2.42. The lowest BCUT2D eigenvalue weighted by atomic mass is 9.66. The number of anilines is 3. The van der Waals surface area contributed by atoms with E-state index in [1.807, 2.05) is 60.9 Å². The standard InChI is InChI=1S/C49H26N6OS/c50-27-29-19-21-37-31(25-29)32-26-30(28-51)20-22-38(32)54(37)41-15-5-9-35-47(41)56-48-36(49(35)33-11-7-23-52-45(33)46-34(49)12-8-24-53-46)10-6-16-42(48)55-39-13-1-3-17-43(39)57-44-18-4-2-14-40(44)55/h1-26H. The average molecular weight is 747 g/mol. The summed E-state index contributed by atoms with van der Waals surface area (Å²) in [6.07, 6.45) is 3.68. The molecule has 9 aromatic rings. The molecular formula is C49H26N6OS. The van der Waals surface area contributed by atoms with E-state index >= 15 is 0 Å². The fourth-order valence-corrected chi connectivity index (χ4v) is 10.4. The number of hydrogen-bond acceptors (Lipinski definition) is 7. The third-order valence-electron chi connectivity index (χ3n) is 11.6. The lowest BCUT2D eigenvalue weighted by molar-refractivity contribution is 0.435. The van der Waals surface area contributed by atoms with Crippen LogP contribution in [0.25, 0.3) is 38.9 Å². The third kappa shape index (κ3) is 4.14. The number of ether oxygens (including phenoxy) is 1. The fraction of sp³-hybridized carbons (Fsp3) is 0.0204. The highest BCUT2D eigenvalue weighted by molar-refractivity contribution is 7.99. The molecule has 0 amide bonds. The van der Waals surface area contributed by atoms with Gasteiger partial charge in [0.15, 0.2) is 11.5 Å². The van der Waals surface area contributed by atoms with Crippen LogP contribution in [0.2, 0.25) is 0 Å². The van der Waals surface area contributed by atoms with Crippen molar-refractivity contribution in [3.05, 3.63) is 191 Å². The molecule has 0 bridgehead atoms. The summed E-state index contributed by atoms with van der Waals surface area (Å²) in [5, 5.41) is 21.6. The zero-order valence-corrected chi connectivity index (χ0v) is 30.8. The Bertz CT molecular complexity index is 3150. The Balaban J connectivity index is 1.22. The van der Waals surface area contributed by atoms with Gasteiger partial charge in [0.25, 0.3) is 0 Å². The SMILES string of the molecule is N#Cc1ccc2c(c1)c1cc(C#N)ccc1n2-c1cccc2c1Oc1c(N3c4ccccc4Sc4ccccc43)cccc1C21c2cccnc2-c2ncccc21. The first kappa shape index (κ1) is 31.7. The second kappa shape index (κ2) is 11.7. The van der Waals surface area contributed by atoms with Gasteiger partial charge in [0.1, 0.15) is 0 Å². The van der Waals surface area contributed by atoms with Crippen molar-refractivity contribution in [3.8, 4) is 40.7 Å². The van der Waals surface area contributed by atoms with Crippen LogP contribution < -0.4 is 9.64 Å². The molecule has 12 rings (SSSR count). The van der Waals surface area contributed by atoms with Crippen molar-refractivity contribution in [1.29, 1.82) is 10.5 Å². The van der Waals surface area contributed by atoms with Crippen LogP contribution in [0.1, 0.15) is 33.4 Å². The van der Waals surface area contributed by atoms with Crippen molar-refractivity contribution in [3.63, 3.8) is 0 Å². The predicted octanol–water partition coefficient (Wildman–Crippen LogP) is 11.7. The first-order valence-electron chi connectivity index (χ1n) is 18.6. The van der Waals surface area contributed by atoms with E-state index in [4.69, 9.17) is 14.7 Å². The number of nitrogens with zero attached hydrogens (tertiary/aromatic N) is 6. The number of nitriles is 2. The van der Waals surface area contributed by atoms with Gasteiger partial charge in [0.05, 0.1) is 73.9 Å². The average Bonchev–Trinajstić information content (AvgIpc) is 3.75. The first-order chi connectivity index (χ1) is 28.2. The maximum Gasteiger partial charge on any atom is 0.156 e. The van der Waals surface area contributed by atoms with Crippen LogP contribution in [-0.2, 0) is 5.41 Å². The fourth-order valence-electron chi connectivity index (χ4n) is 9.36. The molecule has 2 aliphatic heterocycles. The lowest BCUT2D eigenvalue weighted by Crippen LogP contribution is -2.33. The molecule has 8 heteroatoms. The molecule has 264 valence electrons. The smallest absolute Gasteiger partial charge is 0.156 e. The van der Waals surface area contributed by atoms with Crippen LogP contribution in [-0.4, -0.2) is 14.5 Å². The van der Waals surface area contributed by atoms with Crippen LogP contribution in [0.4, 0.5) is 17.1 Å². The van der Waals surface area contributed by atoms with Gasteiger partial charge < -0.3 is 14.2 Å². The Morgan fingerprint density at radius 2 is 1.00 bits per heavy atom. The van der Waals surface area contributed by atoms with Gasteiger partial charge in [-0.25, -0.2) is 0 Å². The Morgan fingerprint density at radius 1 is 0.509 bits per heavy atom. The summed E-state index contributed by atoms with van der Waals surface area (Å²) in [4.78, 5) is 14.6. The quantitative estimate of drug-likeness (QED) is 0.174. The van der Waals surface area contributed by atoms with Crippen molar-refractivity contribution in [1.82, 2.24) is 14.5 Å². The molecule has 7 nitrogen and oxygen atoms in total. The van der Waals surface area contributed by atoms with Gasteiger partial charge in [-0.05, 0) is 96.1 Å². The highest BCUT2D eigenvalue weighted by Crippen LogP contribution is 2.65. The number of benzene rings is 6. The number of hydrogen-bond donors (Lipinski definition) is 0. The van der Waals surface area contributed by atoms with E-state index in [0.717, 1.165) is 93.7 Å². The van der Waals surface area contributed by atoms with E-state index in [1.165, 1.54) is 0 Å². The minimum Gasteiger partial charge on any atom is -0.452 e. The molecule has 0 saturated carbocycles. The van der Waals surface area contributed by atoms with Gasteiger partial charge in [-0.3, -0.25) is 9.97 Å². The molecule has 0 N–H and O–H groups in total. The van der Waals surface area contributed by atoms with E-state index < -0.39 is 5.41 Å². The molecule has 0 fully saturated rings. The first-order valence-corrected chi connectivity index (χ1v) is 19.4. The second-order valence-electron chi connectivity index (χ2n) is 14.4. The van der Waals surface area contributed by atoms with E-state index in [-0.39, 0.29) is 0 Å². The highest BCUT2D eigenvalue weighted by atomic mass is 32.2. The molecule has 1 aliphatic carbocycles. The highest BCUT2D eigenvalue weighted by Gasteiger charge is 2.53. The Morgan fingerprint density at radius 3 is 1.56 bits per heavy atom. The monoisotopic (exact) mass is 746 g/mol. The van der Waals surface area contributed by atoms with Crippen molar-refractivity contribution in [2.75, 3.05) is 4.90 Å². The zero-order chi connectivity index (χ0) is 37.8. The normalized spacial score (nSPS) is 13.8. The molecule has 57 heavy (non-hydrogen) atoms. The van der Waals surface area contributed by atoms with Crippen LogP contribution in [0.5, 0.6) is 11.5 Å². The summed E-state index contributed by atoms with van der Waals surface area (Å²) in [5.74, 6) is 1.43. The van der Waals surface area contributed by atoms with Gasteiger partial charge in [-0.2, -0.15) is 10.5 Å². The van der Waals surface area contributed by atoms with Crippen LogP contribution in [0.3, 0.4) is 0 Å². The minimum absolute atomic E-state index is 0.548.